The highest BCUT2D eigenvalue weighted by molar-refractivity contribution is 7.99. The Balaban J connectivity index is 1.32. The summed E-state index contributed by atoms with van der Waals surface area (Å²) < 4.78 is 25.8. The van der Waals surface area contributed by atoms with E-state index in [-0.39, 0.29) is 18.2 Å². The second kappa shape index (κ2) is 12.0. The van der Waals surface area contributed by atoms with Crippen LogP contribution in [0.3, 0.4) is 0 Å². The summed E-state index contributed by atoms with van der Waals surface area (Å²) in [7, 11) is 0. The third-order valence-electron chi connectivity index (χ3n) is 6.40. The number of nitrogens with two attached hydrogens (primary N) is 1. The van der Waals surface area contributed by atoms with E-state index < -0.39 is 0 Å². The summed E-state index contributed by atoms with van der Waals surface area (Å²) in [5, 5.41) is 16.9. The number of anilines is 1. The Morgan fingerprint density at radius 2 is 2.03 bits per heavy atom. The van der Waals surface area contributed by atoms with E-state index in [2.05, 4.69) is 27.4 Å². The molecule has 198 valence electrons. The molecule has 0 amide bonds. The number of rotatable bonds is 10. The first kappa shape index (κ1) is 26.3. The van der Waals surface area contributed by atoms with Crippen LogP contribution in [-0.4, -0.2) is 51.3 Å². The predicted molar refractivity (Wildman–Crippen MR) is 146 cm³/mol. The van der Waals surface area contributed by atoms with Crippen LogP contribution in [0.15, 0.2) is 64.1 Å². The number of halogens is 1. The van der Waals surface area contributed by atoms with Gasteiger partial charge in [0.1, 0.15) is 11.5 Å². The van der Waals surface area contributed by atoms with Crippen molar-refractivity contribution in [1.82, 2.24) is 20.4 Å². The molecule has 0 radical (unpaired) electrons. The molecule has 5 rings (SSSR count). The molecule has 2 aromatic heterocycles. The minimum Gasteiger partial charge on any atom is -0.396 e. The van der Waals surface area contributed by atoms with E-state index >= 15 is 0 Å². The first-order valence-corrected chi connectivity index (χ1v) is 13.5. The zero-order valence-electron chi connectivity index (χ0n) is 21.1. The van der Waals surface area contributed by atoms with Gasteiger partial charge in [0.2, 0.25) is 0 Å². The summed E-state index contributed by atoms with van der Waals surface area (Å²) in [5.74, 6) is 0.119. The highest BCUT2D eigenvalue weighted by atomic mass is 32.2. The molecule has 2 aromatic carbocycles. The number of nitrogen functional groups attached to an aromatic ring is 1. The van der Waals surface area contributed by atoms with Crippen molar-refractivity contribution >= 4 is 17.6 Å². The number of hydrogen-bond donors (Lipinski definition) is 3. The van der Waals surface area contributed by atoms with E-state index in [0.29, 0.717) is 52.8 Å². The number of hydrogen-bond acceptors (Lipinski definition) is 9. The molecule has 2 atom stereocenters. The van der Waals surface area contributed by atoms with E-state index in [1.807, 2.05) is 30.3 Å². The van der Waals surface area contributed by atoms with Crippen LogP contribution in [-0.2, 0) is 11.3 Å². The van der Waals surface area contributed by atoms with Crippen LogP contribution in [0.5, 0.6) is 0 Å². The Labute approximate surface area is 224 Å². The smallest absolute Gasteiger partial charge is 0.189 e. The fourth-order valence-electron chi connectivity index (χ4n) is 4.24. The van der Waals surface area contributed by atoms with Gasteiger partial charge in [-0.05, 0) is 42.7 Å². The summed E-state index contributed by atoms with van der Waals surface area (Å²) in [6.07, 6.45) is 3.31. The molecule has 1 aliphatic heterocycles. The second-order valence-corrected chi connectivity index (χ2v) is 10.8. The number of aromatic nitrogens is 3. The minimum absolute atomic E-state index is 0.172. The SMILES string of the molecule is CC(CCO)Sc1ccc(-c2cnc(N)c(-c3cc(-c4ccc(CNC5CCOC5)cc4F)no3)n2)cc1. The van der Waals surface area contributed by atoms with Crippen molar-refractivity contribution < 1.29 is 18.8 Å². The van der Waals surface area contributed by atoms with Crippen molar-refractivity contribution in [3.05, 3.63) is 66.1 Å². The van der Waals surface area contributed by atoms with Gasteiger partial charge in [-0.3, -0.25) is 0 Å². The van der Waals surface area contributed by atoms with Gasteiger partial charge in [0.15, 0.2) is 17.3 Å². The zero-order valence-corrected chi connectivity index (χ0v) is 21.9. The van der Waals surface area contributed by atoms with Gasteiger partial charge in [-0.2, -0.15) is 0 Å². The lowest BCUT2D eigenvalue weighted by Crippen LogP contribution is -2.28. The maximum atomic E-state index is 15.0. The largest absolute Gasteiger partial charge is 0.396 e. The molecule has 8 nitrogen and oxygen atoms in total. The molecule has 10 heteroatoms. The van der Waals surface area contributed by atoms with Gasteiger partial charge in [0.25, 0.3) is 0 Å². The highest BCUT2D eigenvalue weighted by Gasteiger charge is 2.18. The standard InChI is InChI=1S/C28H30FN5O3S/c1-17(8-10-35)38-21-5-3-19(4-6-21)25-15-32-28(30)27(33-25)26-13-24(34-37-26)22-7-2-18(12-23(22)29)14-31-20-9-11-36-16-20/h2-7,12-13,15,17,20,31,35H,8-11,14,16H2,1H3,(H2,30,32). The summed E-state index contributed by atoms with van der Waals surface area (Å²) >= 11 is 1.71. The van der Waals surface area contributed by atoms with Gasteiger partial charge in [0.05, 0.1) is 18.5 Å². The number of benzene rings is 2. The highest BCUT2D eigenvalue weighted by Crippen LogP contribution is 2.32. The molecule has 4 N–H and O–H groups in total. The van der Waals surface area contributed by atoms with Crippen molar-refractivity contribution in [2.45, 2.75) is 42.5 Å². The second-order valence-electron chi connectivity index (χ2n) is 9.29. The van der Waals surface area contributed by atoms with E-state index in [1.54, 1.807) is 30.1 Å². The normalized spacial score (nSPS) is 16.1. The van der Waals surface area contributed by atoms with Crippen LogP contribution in [0.4, 0.5) is 10.2 Å². The van der Waals surface area contributed by atoms with Crippen molar-refractivity contribution in [2.24, 2.45) is 0 Å². The van der Waals surface area contributed by atoms with Crippen LogP contribution in [0.2, 0.25) is 0 Å². The third-order valence-corrected chi connectivity index (χ3v) is 7.58. The number of nitrogens with zero attached hydrogens (tertiary/aromatic N) is 3. The fraction of sp³-hybridized carbons (Fsp3) is 0.321. The van der Waals surface area contributed by atoms with Crippen LogP contribution in [0.1, 0.15) is 25.3 Å². The average molecular weight is 536 g/mol. The first-order chi connectivity index (χ1) is 18.5. The van der Waals surface area contributed by atoms with Gasteiger partial charge in [0, 0.05) is 53.1 Å². The molecule has 0 saturated carbocycles. The van der Waals surface area contributed by atoms with Gasteiger partial charge in [-0.1, -0.05) is 30.3 Å². The van der Waals surface area contributed by atoms with E-state index in [4.69, 9.17) is 20.1 Å². The van der Waals surface area contributed by atoms with E-state index in [1.165, 1.54) is 6.07 Å². The molecule has 3 heterocycles. The van der Waals surface area contributed by atoms with Crippen molar-refractivity contribution in [1.29, 1.82) is 0 Å². The van der Waals surface area contributed by atoms with Crippen LogP contribution in [0, 0.1) is 5.82 Å². The fourth-order valence-corrected chi connectivity index (χ4v) is 5.22. The summed E-state index contributed by atoms with van der Waals surface area (Å²) in [6.45, 7) is 4.27. The molecule has 0 spiro atoms. The summed E-state index contributed by atoms with van der Waals surface area (Å²) in [4.78, 5) is 10.1. The van der Waals surface area contributed by atoms with Crippen LogP contribution >= 0.6 is 11.8 Å². The lowest BCUT2D eigenvalue weighted by molar-refractivity contribution is 0.190. The number of thioether (sulfide) groups is 1. The Morgan fingerprint density at radius 1 is 1.18 bits per heavy atom. The monoisotopic (exact) mass is 535 g/mol. The quantitative estimate of drug-likeness (QED) is 0.243. The molecule has 1 aliphatic rings. The minimum atomic E-state index is -0.383. The van der Waals surface area contributed by atoms with Gasteiger partial charge in [-0.25, -0.2) is 14.4 Å². The molecule has 38 heavy (non-hydrogen) atoms. The van der Waals surface area contributed by atoms with Crippen molar-refractivity contribution in [3.8, 4) is 34.0 Å². The number of nitrogens with one attached hydrogen (secondary N) is 1. The average Bonchev–Trinajstić information content (AvgIpc) is 3.61. The van der Waals surface area contributed by atoms with Crippen molar-refractivity contribution in [2.75, 3.05) is 25.6 Å². The van der Waals surface area contributed by atoms with Gasteiger partial charge < -0.3 is 25.4 Å². The molecule has 4 aromatic rings. The van der Waals surface area contributed by atoms with E-state index in [0.717, 1.165) is 35.5 Å². The molecule has 1 saturated heterocycles. The van der Waals surface area contributed by atoms with E-state index in [9.17, 15) is 4.39 Å². The summed E-state index contributed by atoms with van der Waals surface area (Å²) in [6, 6.07) is 15.0. The lowest BCUT2D eigenvalue weighted by atomic mass is 10.1. The van der Waals surface area contributed by atoms with Crippen LogP contribution < -0.4 is 11.1 Å². The van der Waals surface area contributed by atoms with Gasteiger partial charge in [-0.15, -0.1) is 11.8 Å². The maximum Gasteiger partial charge on any atom is 0.189 e. The predicted octanol–water partition coefficient (Wildman–Crippen LogP) is 4.93. The topological polar surface area (TPSA) is 119 Å². The number of ether oxygens (including phenoxy) is 1. The maximum absolute atomic E-state index is 15.0. The number of aliphatic hydroxyl groups excluding tert-OH is 1. The zero-order chi connectivity index (χ0) is 26.5. The van der Waals surface area contributed by atoms with Crippen LogP contribution in [0.25, 0.3) is 34.0 Å². The third kappa shape index (κ3) is 6.21. The Kier molecular flexibility index (Phi) is 8.33. The van der Waals surface area contributed by atoms with Gasteiger partial charge >= 0.3 is 0 Å². The Bertz CT molecular complexity index is 1380. The molecule has 2 unspecified atom stereocenters. The molecule has 0 aliphatic carbocycles. The Morgan fingerprint density at radius 3 is 2.76 bits per heavy atom. The molecule has 1 fully saturated rings. The summed E-state index contributed by atoms with van der Waals surface area (Å²) in [5.41, 5.74) is 9.49. The first-order valence-electron chi connectivity index (χ1n) is 12.6. The molecular weight excluding hydrogens is 505 g/mol. The molecule has 0 bridgehead atoms. The Hall–Kier alpha value is -3.31. The molecular formula is C28H30FN5O3S. The van der Waals surface area contributed by atoms with Crippen molar-refractivity contribution in [3.63, 3.8) is 0 Å². The number of aliphatic hydroxyl groups is 1. The lowest BCUT2D eigenvalue weighted by Gasteiger charge is -2.11.